The lowest BCUT2D eigenvalue weighted by Gasteiger charge is -2.16. The monoisotopic (exact) mass is 211 g/mol. The Labute approximate surface area is 89.3 Å². The van der Waals surface area contributed by atoms with Crippen molar-refractivity contribution in [2.45, 2.75) is 27.2 Å². The summed E-state index contributed by atoms with van der Waals surface area (Å²) < 4.78 is 0. The molecule has 1 heterocycles. The minimum absolute atomic E-state index is 0.186. The number of aromatic nitrogens is 1. The molecule has 0 fully saturated rings. The molecule has 2 nitrogen and oxygen atoms in total. The fourth-order valence-corrected chi connectivity index (χ4v) is 1.17. The number of carbonyl (C=O) groups excluding carboxylic acids is 1. The third-order valence-corrected chi connectivity index (χ3v) is 2.38. The van der Waals surface area contributed by atoms with Gasteiger partial charge in [0, 0.05) is 24.2 Å². The van der Waals surface area contributed by atoms with Crippen molar-refractivity contribution in [3.05, 3.63) is 29.0 Å². The summed E-state index contributed by atoms with van der Waals surface area (Å²) >= 11 is 5.90. The van der Waals surface area contributed by atoms with Gasteiger partial charge in [-0.3, -0.25) is 9.78 Å². The molecule has 0 N–H and O–H groups in total. The quantitative estimate of drug-likeness (QED) is 0.753. The third kappa shape index (κ3) is 2.81. The second-order valence-electron chi connectivity index (χ2n) is 4.32. The minimum atomic E-state index is -0.313. The van der Waals surface area contributed by atoms with Crippen molar-refractivity contribution in [1.29, 1.82) is 0 Å². The molecule has 76 valence electrons. The van der Waals surface area contributed by atoms with Crippen LogP contribution in [0.4, 0.5) is 0 Å². The molecule has 1 aromatic heterocycles. The van der Waals surface area contributed by atoms with Gasteiger partial charge < -0.3 is 0 Å². The average Bonchev–Trinajstić information content (AvgIpc) is 2.07. The van der Waals surface area contributed by atoms with Gasteiger partial charge >= 0.3 is 0 Å². The lowest BCUT2D eigenvalue weighted by atomic mass is 9.87. The highest BCUT2D eigenvalue weighted by molar-refractivity contribution is 6.31. The van der Waals surface area contributed by atoms with Crippen molar-refractivity contribution < 1.29 is 4.79 Å². The highest BCUT2D eigenvalue weighted by Gasteiger charge is 2.21. The Kier molecular flexibility index (Phi) is 3.27. The van der Waals surface area contributed by atoms with Gasteiger partial charge in [0.05, 0.1) is 5.02 Å². The van der Waals surface area contributed by atoms with Crippen LogP contribution in [0.3, 0.4) is 0 Å². The number of nitrogens with zero attached hydrogens (tertiary/aromatic N) is 1. The average molecular weight is 212 g/mol. The number of halogens is 1. The van der Waals surface area contributed by atoms with E-state index >= 15 is 0 Å². The highest BCUT2D eigenvalue weighted by atomic mass is 35.5. The van der Waals surface area contributed by atoms with Gasteiger partial charge in [-0.2, -0.15) is 0 Å². The molecular weight excluding hydrogens is 198 g/mol. The Hall–Kier alpha value is -0.890. The molecule has 0 radical (unpaired) electrons. The van der Waals surface area contributed by atoms with Gasteiger partial charge in [0.15, 0.2) is 0 Å². The van der Waals surface area contributed by atoms with Crippen LogP contribution in [0.15, 0.2) is 18.5 Å². The lowest BCUT2D eigenvalue weighted by molar-refractivity contribution is -0.125. The summed E-state index contributed by atoms with van der Waals surface area (Å²) in [6.07, 6.45) is 3.59. The number of ketones is 1. The van der Waals surface area contributed by atoms with Crippen LogP contribution < -0.4 is 0 Å². The molecule has 14 heavy (non-hydrogen) atoms. The Morgan fingerprint density at radius 2 is 2.14 bits per heavy atom. The molecule has 1 aromatic rings. The topological polar surface area (TPSA) is 30.0 Å². The van der Waals surface area contributed by atoms with Gasteiger partial charge in [-0.15, -0.1) is 0 Å². The van der Waals surface area contributed by atoms with Gasteiger partial charge in [0.1, 0.15) is 5.78 Å². The minimum Gasteiger partial charge on any atom is -0.299 e. The van der Waals surface area contributed by atoms with Crippen molar-refractivity contribution >= 4 is 17.4 Å². The molecule has 0 unspecified atom stereocenters. The van der Waals surface area contributed by atoms with Gasteiger partial charge in [0.25, 0.3) is 0 Å². The second kappa shape index (κ2) is 4.09. The van der Waals surface area contributed by atoms with E-state index in [1.165, 1.54) is 0 Å². The van der Waals surface area contributed by atoms with Crippen LogP contribution in [0, 0.1) is 5.41 Å². The summed E-state index contributed by atoms with van der Waals surface area (Å²) in [5, 5.41) is 0.560. The standard InChI is InChI=1S/C11H14ClNO/c1-11(2,3)10(14)6-8-4-5-13-7-9(8)12/h4-5,7H,6H2,1-3H3. The summed E-state index contributed by atoms with van der Waals surface area (Å²) in [6.45, 7) is 5.72. The predicted molar refractivity (Wildman–Crippen MR) is 57.4 cm³/mol. The summed E-state index contributed by atoms with van der Waals surface area (Å²) in [5.41, 5.74) is 0.536. The zero-order valence-corrected chi connectivity index (χ0v) is 9.43. The molecule has 0 bridgehead atoms. The molecule has 0 atom stereocenters. The van der Waals surface area contributed by atoms with Gasteiger partial charge in [0.2, 0.25) is 0 Å². The smallest absolute Gasteiger partial charge is 0.142 e. The second-order valence-corrected chi connectivity index (χ2v) is 4.72. The fraction of sp³-hybridized carbons (Fsp3) is 0.455. The van der Waals surface area contributed by atoms with Crippen LogP contribution in [0.1, 0.15) is 26.3 Å². The number of pyridine rings is 1. The fourth-order valence-electron chi connectivity index (χ4n) is 0.986. The van der Waals surface area contributed by atoms with Crippen LogP contribution in [-0.4, -0.2) is 10.8 Å². The van der Waals surface area contributed by atoms with E-state index in [9.17, 15) is 4.79 Å². The molecule has 0 saturated heterocycles. The number of hydrogen-bond donors (Lipinski definition) is 0. The molecule has 0 aromatic carbocycles. The molecule has 0 saturated carbocycles. The SMILES string of the molecule is CC(C)(C)C(=O)Cc1ccncc1Cl. The predicted octanol–water partition coefficient (Wildman–Crippen LogP) is 2.89. The van der Waals surface area contributed by atoms with Gasteiger partial charge in [-0.1, -0.05) is 32.4 Å². The number of carbonyl (C=O) groups is 1. The molecule has 0 aliphatic rings. The Morgan fingerprint density at radius 3 is 2.64 bits per heavy atom. The van der Waals surface area contributed by atoms with E-state index in [0.717, 1.165) is 5.56 Å². The van der Waals surface area contributed by atoms with Crippen LogP contribution in [0.2, 0.25) is 5.02 Å². The van der Waals surface area contributed by atoms with Crippen molar-refractivity contribution in [2.24, 2.45) is 5.41 Å². The molecule has 0 spiro atoms. The largest absolute Gasteiger partial charge is 0.299 e. The summed E-state index contributed by atoms with van der Waals surface area (Å²) in [4.78, 5) is 15.6. The normalized spacial score (nSPS) is 11.4. The van der Waals surface area contributed by atoms with Crippen LogP contribution in [0.25, 0.3) is 0 Å². The Morgan fingerprint density at radius 1 is 1.50 bits per heavy atom. The Balaban J connectivity index is 2.80. The summed E-state index contributed by atoms with van der Waals surface area (Å²) in [5.74, 6) is 0.186. The van der Waals surface area contributed by atoms with Crippen LogP contribution in [-0.2, 0) is 11.2 Å². The number of Topliss-reactive ketones (excluding diaryl/α,β-unsaturated/α-hetero) is 1. The zero-order valence-electron chi connectivity index (χ0n) is 8.67. The van der Waals surface area contributed by atoms with E-state index < -0.39 is 0 Å². The van der Waals surface area contributed by atoms with Crippen molar-refractivity contribution in [3.8, 4) is 0 Å². The lowest BCUT2D eigenvalue weighted by Crippen LogP contribution is -2.22. The first-order chi connectivity index (χ1) is 6.41. The highest BCUT2D eigenvalue weighted by Crippen LogP contribution is 2.21. The molecule has 0 amide bonds. The van der Waals surface area contributed by atoms with Crippen molar-refractivity contribution in [3.63, 3.8) is 0 Å². The van der Waals surface area contributed by atoms with Gasteiger partial charge in [-0.25, -0.2) is 0 Å². The molecule has 0 aliphatic heterocycles. The number of hydrogen-bond acceptors (Lipinski definition) is 2. The molecule has 1 rings (SSSR count). The molecule has 3 heteroatoms. The first-order valence-corrected chi connectivity index (χ1v) is 4.91. The van der Waals surface area contributed by atoms with E-state index in [4.69, 9.17) is 11.6 Å². The maximum atomic E-state index is 11.7. The van der Waals surface area contributed by atoms with E-state index in [0.29, 0.717) is 11.4 Å². The third-order valence-electron chi connectivity index (χ3n) is 2.04. The molecule has 0 aliphatic carbocycles. The van der Waals surface area contributed by atoms with E-state index in [-0.39, 0.29) is 11.2 Å². The van der Waals surface area contributed by atoms with Gasteiger partial charge in [-0.05, 0) is 11.6 Å². The zero-order chi connectivity index (χ0) is 10.8. The maximum absolute atomic E-state index is 11.7. The van der Waals surface area contributed by atoms with E-state index in [1.54, 1.807) is 18.5 Å². The van der Waals surface area contributed by atoms with Crippen LogP contribution >= 0.6 is 11.6 Å². The Bertz CT molecular complexity index is 341. The van der Waals surface area contributed by atoms with Crippen molar-refractivity contribution in [1.82, 2.24) is 4.98 Å². The first-order valence-electron chi connectivity index (χ1n) is 4.53. The summed E-state index contributed by atoms with van der Waals surface area (Å²) in [7, 11) is 0. The van der Waals surface area contributed by atoms with Crippen molar-refractivity contribution in [2.75, 3.05) is 0 Å². The summed E-state index contributed by atoms with van der Waals surface area (Å²) in [6, 6.07) is 1.78. The van der Waals surface area contributed by atoms with Crippen LogP contribution in [0.5, 0.6) is 0 Å². The first kappa shape index (κ1) is 11.2. The van der Waals surface area contributed by atoms with E-state index in [1.807, 2.05) is 20.8 Å². The van der Waals surface area contributed by atoms with E-state index in [2.05, 4.69) is 4.98 Å². The molecular formula is C11H14ClNO. The number of rotatable bonds is 2. The maximum Gasteiger partial charge on any atom is 0.142 e.